The second-order valence-electron chi connectivity index (χ2n) is 4.84. The lowest BCUT2D eigenvalue weighted by molar-refractivity contribution is 0.941. The number of hydrogen-bond donors (Lipinski definition) is 1. The van der Waals surface area contributed by atoms with Crippen LogP contribution < -0.4 is 5.73 Å². The number of hydrogen-bond acceptors (Lipinski definition) is 3. The number of rotatable bonds is 2. The summed E-state index contributed by atoms with van der Waals surface area (Å²) in [4.78, 5) is 7.10. The minimum absolute atomic E-state index is 0.501. The first-order chi connectivity index (χ1) is 9.11. The molecule has 4 heteroatoms. The normalized spacial score (nSPS) is 11.4. The third-order valence-electron chi connectivity index (χ3n) is 3.55. The Bertz CT molecular complexity index is 735. The van der Waals surface area contributed by atoms with E-state index in [1.54, 1.807) is 11.3 Å². The van der Waals surface area contributed by atoms with Gasteiger partial charge >= 0.3 is 0 Å². The molecule has 98 valence electrons. The van der Waals surface area contributed by atoms with Crippen LogP contribution in [0.2, 0.25) is 0 Å². The van der Waals surface area contributed by atoms with E-state index >= 15 is 0 Å². The van der Waals surface area contributed by atoms with Crippen molar-refractivity contribution >= 4 is 16.3 Å². The number of thiazole rings is 1. The molecule has 0 saturated heterocycles. The van der Waals surface area contributed by atoms with Crippen LogP contribution in [-0.2, 0) is 6.54 Å². The second-order valence-corrected chi connectivity index (χ2v) is 6.02. The van der Waals surface area contributed by atoms with Crippen molar-refractivity contribution in [3.8, 4) is 11.3 Å². The molecule has 0 spiro atoms. The fourth-order valence-electron chi connectivity index (χ4n) is 2.34. The molecule has 0 atom stereocenters. The molecule has 0 aliphatic rings. The topological polar surface area (TPSA) is 43.3 Å². The first kappa shape index (κ1) is 12.4. The summed E-state index contributed by atoms with van der Waals surface area (Å²) in [6, 6.07) is 8.45. The third-order valence-corrected chi connectivity index (χ3v) is 4.61. The molecule has 0 amide bonds. The predicted octanol–water partition coefficient (Wildman–Crippen LogP) is 3.45. The number of imidazole rings is 1. The zero-order chi connectivity index (χ0) is 13.6. The highest BCUT2D eigenvalue weighted by Crippen LogP contribution is 2.30. The Balaban J connectivity index is 2.27. The maximum Gasteiger partial charge on any atom is 0.194 e. The Morgan fingerprint density at radius 1 is 1.16 bits per heavy atom. The van der Waals surface area contributed by atoms with Crippen LogP contribution in [0, 0.1) is 20.8 Å². The Labute approximate surface area is 116 Å². The molecule has 0 aliphatic carbocycles. The number of nitrogens with zero attached hydrogens (tertiary/aromatic N) is 2. The molecule has 2 N–H and O–H groups in total. The van der Waals surface area contributed by atoms with Crippen LogP contribution in [0.1, 0.15) is 21.8 Å². The highest BCUT2D eigenvalue weighted by molar-refractivity contribution is 7.17. The maximum absolute atomic E-state index is 5.95. The molecule has 1 aromatic carbocycles. The molecule has 2 aromatic heterocycles. The van der Waals surface area contributed by atoms with E-state index in [2.05, 4.69) is 49.4 Å². The maximum atomic E-state index is 5.95. The smallest absolute Gasteiger partial charge is 0.194 e. The molecule has 0 radical (unpaired) electrons. The van der Waals surface area contributed by atoms with Crippen LogP contribution in [-0.4, -0.2) is 9.38 Å². The molecule has 0 unspecified atom stereocenters. The zero-order valence-electron chi connectivity index (χ0n) is 11.4. The average molecular weight is 271 g/mol. The summed E-state index contributed by atoms with van der Waals surface area (Å²) in [6.07, 6.45) is 0. The Kier molecular flexibility index (Phi) is 2.92. The van der Waals surface area contributed by atoms with Crippen molar-refractivity contribution in [3.05, 3.63) is 46.1 Å². The molecule has 19 heavy (non-hydrogen) atoms. The Morgan fingerprint density at radius 2 is 1.84 bits per heavy atom. The highest BCUT2D eigenvalue weighted by atomic mass is 32.1. The molecule has 0 fully saturated rings. The lowest BCUT2D eigenvalue weighted by atomic mass is 10.1. The van der Waals surface area contributed by atoms with E-state index < -0.39 is 0 Å². The Morgan fingerprint density at radius 3 is 2.47 bits per heavy atom. The van der Waals surface area contributed by atoms with Crippen molar-refractivity contribution in [1.29, 1.82) is 0 Å². The van der Waals surface area contributed by atoms with Gasteiger partial charge in [-0.3, -0.25) is 4.40 Å². The molecule has 3 nitrogen and oxygen atoms in total. The van der Waals surface area contributed by atoms with Gasteiger partial charge in [0.2, 0.25) is 0 Å². The molecular formula is C15H17N3S. The van der Waals surface area contributed by atoms with Gasteiger partial charge in [0.25, 0.3) is 0 Å². The summed E-state index contributed by atoms with van der Waals surface area (Å²) in [5, 5.41) is 0. The standard InChI is InChI=1S/C15H17N3S/c1-9-4-6-12(7-5-9)14-13(8-16)18-10(2)11(3)19-15(18)17-14/h4-7H,8,16H2,1-3H3. The monoisotopic (exact) mass is 271 g/mol. The van der Waals surface area contributed by atoms with Crippen molar-refractivity contribution in [2.24, 2.45) is 5.73 Å². The molecular weight excluding hydrogens is 254 g/mol. The van der Waals surface area contributed by atoms with Crippen LogP contribution in [0.5, 0.6) is 0 Å². The molecule has 2 heterocycles. The van der Waals surface area contributed by atoms with Crippen LogP contribution in [0.25, 0.3) is 16.2 Å². The van der Waals surface area contributed by atoms with Gasteiger partial charge in [0.1, 0.15) is 0 Å². The average Bonchev–Trinajstić information content (AvgIpc) is 2.88. The van der Waals surface area contributed by atoms with E-state index in [9.17, 15) is 0 Å². The Hall–Kier alpha value is -1.65. The molecule has 0 aliphatic heterocycles. The minimum atomic E-state index is 0.501. The summed E-state index contributed by atoms with van der Waals surface area (Å²) in [5.41, 5.74) is 11.7. The number of aromatic nitrogens is 2. The van der Waals surface area contributed by atoms with Crippen molar-refractivity contribution < 1.29 is 0 Å². The highest BCUT2D eigenvalue weighted by Gasteiger charge is 2.17. The summed E-state index contributed by atoms with van der Waals surface area (Å²) >= 11 is 1.72. The van der Waals surface area contributed by atoms with Gasteiger partial charge in [0.05, 0.1) is 11.4 Å². The first-order valence-corrected chi connectivity index (χ1v) is 7.18. The van der Waals surface area contributed by atoms with Crippen molar-refractivity contribution in [1.82, 2.24) is 9.38 Å². The van der Waals surface area contributed by atoms with E-state index in [0.29, 0.717) is 6.54 Å². The van der Waals surface area contributed by atoms with Gasteiger partial charge in [0.15, 0.2) is 4.96 Å². The van der Waals surface area contributed by atoms with Gasteiger partial charge in [-0.2, -0.15) is 0 Å². The number of fused-ring (bicyclic) bond motifs is 1. The number of benzene rings is 1. The first-order valence-electron chi connectivity index (χ1n) is 6.36. The molecule has 0 bridgehead atoms. The molecule has 3 aromatic rings. The van der Waals surface area contributed by atoms with Gasteiger partial charge in [0, 0.05) is 22.7 Å². The van der Waals surface area contributed by atoms with Gasteiger partial charge < -0.3 is 5.73 Å². The number of nitrogens with two attached hydrogens (primary N) is 1. The van der Waals surface area contributed by atoms with Crippen molar-refractivity contribution in [2.45, 2.75) is 27.3 Å². The fourth-order valence-corrected chi connectivity index (χ4v) is 3.33. The summed E-state index contributed by atoms with van der Waals surface area (Å²) < 4.78 is 2.19. The summed E-state index contributed by atoms with van der Waals surface area (Å²) in [6.45, 7) is 6.84. The third kappa shape index (κ3) is 1.88. The fraction of sp³-hybridized carbons (Fsp3) is 0.267. The minimum Gasteiger partial charge on any atom is -0.325 e. The largest absolute Gasteiger partial charge is 0.325 e. The van der Waals surface area contributed by atoms with E-state index in [0.717, 1.165) is 21.9 Å². The van der Waals surface area contributed by atoms with Gasteiger partial charge in [-0.05, 0) is 20.8 Å². The van der Waals surface area contributed by atoms with E-state index in [4.69, 9.17) is 10.7 Å². The summed E-state index contributed by atoms with van der Waals surface area (Å²) in [7, 11) is 0. The molecule has 0 saturated carbocycles. The van der Waals surface area contributed by atoms with E-state index in [-0.39, 0.29) is 0 Å². The second kappa shape index (κ2) is 4.47. The number of aryl methyl sites for hydroxylation is 3. The lowest BCUT2D eigenvalue weighted by Crippen LogP contribution is -2.03. The van der Waals surface area contributed by atoms with Crippen LogP contribution >= 0.6 is 11.3 Å². The lowest BCUT2D eigenvalue weighted by Gasteiger charge is -2.04. The predicted molar refractivity (Wildman–Crippen MR) is 80.6 cm³/mol. The van der Waals surface area contributed by atoms with Crippen LogP contribution in [0.15, 0.2) is 24.3 Å². The summed E-state index contributed by atoms with van der Waals surface area (Å²) in [5.74, 6) is 0. The quantitative estimate of drug-likeness (QED) is 0.776. The van der Waals surface area contributed by atoms with Gasteiger partial charge in [-0.1, -0.05) is 29.8 Å². The zero-order valence-corrected chi connectivity index (χ0v) is 12.2. The van der Waals surface area contributed by atoms with Crippen molar-refractivity contribution in [2.75, 3.05) is 0 Å². The van der Waals surface area contributed by atoms with Gasteiger partial charge in [-0.25, -0.2) is 4.98 Å². The van der Waals surface area contributed by atoms with E-state index in [1.165, 1.54) is 16.1 Å². The van der Waals surface area contributed by atoms with Crippen LogP contribution in [0.3, 0.4) is 0 Å². The molecule has 3 rings (SSSR count). The van der Waals surface area contributed by atoms with Crippen LogP contribution in [0.4, 0.5) is 0 Å². The van der Waals surface area contributed by atoms with Gasteiger partial charge in [-0.15, -0.1) is 11.3 Å². The van der Waals surface area contributed by atoms with Crippen molar-refractivity contribution in [3.63, 3.8) is 0 Å². The SMILES string of the molecule is Cc1ccc(-c2nc3sc(C)c(C)n3c2CN)cc1. The van der Waals surface area contributed by atoms with E-state index in [1.807, 2.05) is 0 Å².